The van der Waals surface area contributed by atoms with E-state index < -0.39 is 0 Å². The molecule has 1 aliphatic heterocycles. The number of hydrogen-bond donors (Lipinski definition) is 1. The lowest BCUT2D eigenvalue weighted by Gasteiger charge is -2.35. The maximum Gasteiger partial charge on any atom is 0.123 e. The van der Waals surface area contributed by atoms with Crippen molar-refractivity contribution in [2.75, 3.05) is 34.3 Å². The minimum absolute atomic E-state index is 0.0830. The largest absolute Gasteiger partial charge is 0.496 e. The average Bonchev–Trinajstić information content (AvgIpc) is 2.47. The van der Waals surface area contributed by atoms with Gasteiger partial charge in [-0.25, -0.2) is 0 Å². The molecule has 2 rings (SSSR count). The number of aliphatic hydroxyl groups excluding tert-OH is 1. The number of nitrogens with zero attached hydrogens (tertiary/aromatic N) is 2. The van der Waals surface area contributed by atoms with Crippen molar-refractivity contribution in [2.24, 2.45) is 0 Å². The van der Waals surface area contributed by atoms with Gasteiger partial charge in [0.25, 0.3) is 0 Å². The highest BCUT2D eigenvalue weighted by atomic mass is 16.5. The summed E-state index contributed by atoms with van der Waals surface area (Å²) in [5.41, 5.74) is 2.12. The molecule has 20 heavy (non-hydrogen) atoms. The molecule has 0 bridgehead atoms. The Bertz CT molecular complexity index is 426. The minimum atomic E-state index is 0.0830. The zero-order chi connectivity index (χ0) is 14.5. The van der Waals surface area contributed by atoms with Crippen molar-refractivity contribution in [1.29, 1.82) is 0 Å². The second-order valence-corrected chi connectivity index (χ2v) is 5.78. The summed E-state index contributed by atoms with van der Waals surface area (Å²) in [6.07, 6.45) is 2.43. The van der Waals surface area contributed by atoms with Crippen LogP contribution < -0.4 is 4.74 Å². The van der Waals surface area contributed by atoms with Crippen LogP contribution in [0.2, 0.25) is 0 Å². The van der Waals surface area contributed by atoms with E-state index >= 15 is 0 Å². The molecule has 0 spiro atoms. The number of likely N-dealkylation sites (tertiary alicyclic amines) is 1. The van der Waals surface area contributed by atoms with Crippen molar-refractivity contribution in [3.05, 3.63) is 29.3 Å². The molecule has 1 heterocycles. The number of piperidine rings is 1. The van der Waals surface area contributed by atoms with E-state index in [9.17, 15) is 5.11 Å². The van der Waals surface area contributed by atoms with Crippen molar-refractivity contribution in [3.8, 4) is 5.75 Å². The molecule has 0 aromatic heterocycles. The third kappa shape index (κ3) is 3.72. The van der Waals surface area contributed by atoms with Crippen LogP contribution >= 0.6 is 0 Å². The van der Waals surface area contributed by atoms with E-state index in [1.807, 2.05) is 12.1 Å². The second-order valence-electron chi connectivity index (χ2n) is 5.78. The van der Waals surface area contributed by atoms with Crippen LogP contribution in [0.1, 0.15) is 24.0 Å². The number of rotatable bonds is 5. The quantitative estimate of drug-likeness (QED) is 0.889. The molecule has 4 heteroatoms. The Hall–Kier alpha value is -1.10. The fourth-order valence-electron chi connectivity index (χ4n) is 2.89. The van der Waals surface area contributed by atoms with Crippen molar-refractivity contribution in [2.45, 2.75) is 32.0 Å². The van der Waals surface area contributed by atoms with E-state index in [-0.39, 0.29) is 6.61 Å². The Balaban J connectivity index is 2.00. The van der Waals surface area contributed by atoms with Gasteiger partial charge in [-0.15, -0.1) is 0 Å². The molecule has 1 saturated heterocycles. The van der Waals surface area contributed by atoms with Gasteiger partial charge in [-0.05, 0) is 57.7 Å². The number of benzene rings is 1. The Kier molecular flexibility index (Phi) is 5.40. The first kappa shape index (κ1) is 15.3. The average molecular weight is 278 g/mol. The fourth-order valence-corrected chi connectivity index (χ4v) is 2.89. The maximum atomic E-state index is 9.27. The zero-order valence-corrected chi connectivity index (χ0v) is 12.8. The van der Waals surface area contributed by atoms with Crippen LogP contribution in [-0.2, 0) is 13.2 Å². The zero-order valence-electron chi connectivity index (χ0n) is 12.8. The van der Waals surface area contributed by atoms with Gasteiger partial charge in [0.1, 0.15) is 5.75 Å². The van der Waals surface area contributed by atoms with Gasteiger partial charge < -0.3 is 14.7 Å². The second kappa shape index (κ2) is 7.07. The van der Waals surface area contributed by atoms with Gasteiger partial charge in [0, 0.05) is 18.2 Å². The molecule has 0 amide bonds. The van der Waals surface area contributed by atoms with Gasteiger partial charge in [-0.1, -0.05) is 6.07 Å². The van der Waals surface area contributed by atoms with Crippen LogP contribution in [0.15, 0.2) is 18.2 Å². The number of methoxy groups -OCH3 is 1. The lowest BCUT2D eigenvalue weighted by Crippen LogP contribution is -2.41. The van der Waals surface area contributed by atoms with Gasteiger partial charge in [-0.2, -0.15) is 0 Å². The molecule has 4 nitrogen and oxygen atoms in total. The summed E-state index contributed by atoms with van der Waals surface area (Å²) in [5.74, 6) is 0.914. The standard InChI is InChI=1S/C16H26N2O2/c1-17(2)15-6-8-18(9-7-15)11-14-10-13(12-19)4-5-16(14)20-3/h4-5,10,15,19H,6-9,11-12H2,1-3H3. The van der Waals surface area contributed by atoms with Gasteiger partial charge >= 0.3 is 0 Å². The molecule has 0 radical (unpaired) electrons. The van der Waals surface area contributed by atoms with Gasteiger partial charge in [0.2, 0.25) is 0 Å². The first-order valence-electron chi connectivity index (χ1n) is 7.29. The van der Waals surface area contributed by atoms with Crippen molar-refractivity contribution in [3.63, 3.8) is 0 Å². The predicted octanol–water partition coefficient (Wildman–Crippen LogP) is 1.71. The molecule has 112 valence electrons. The highest BCUT2D eigenvalue weighted by molar-refractivity contribution is 5.37. The highest BCUT2D eigenvalue weighted by Gasteiger charge is 2.21. The molecule has 0 aliphatic carbocycles. The molecule has 0 atom stereocenters. The molecule has 0 saturated carbocycles. The summed E-state index contributed by atoms with van der Waals surface area (Å²) in [7, 11) is 6.03. The summed E-state index contributed by atoms with van der Waals surface area (Å²) in [4.78, 5) is 4.79. The van der Waals surface area contributed by atoms with E-state index in [0.717, 1.165) is 30.9 Å². The van der Waals surface area contributed by atoms with Crippen molar-refractivity contribution < 1.29 is 9.84 Å². The van der Waals surface area contributed by atoms with Crippen LogP contribution in [0, 0.1) is 0 Å². The molecule has 1 N–H and O–H groups in total. The lowest BCUT2D eigenvalue weighted by atomic mass is 10.0. The Morgan fingerprint density at radius 2 is 2.00 bits per heavy atom. The number of aliphatic hydroxyl groups is 1. The molecule has 1 aromatic carbocycles. The van der Waals surface area contributed by atoms with Gasteiger partial charge in [0.15, 0.2) is 0 Å². The lowest BCUT2D eigenvalue weighted by molar-refractivity contribution is 0.139. The molecule has 0 unspecified atom stereocenters. The Morgan fingerprint density at radius 1 is 1.30 bits per heavy atom. The normalized spacial score (nSPS) is 17.6. The summed E-state index contributed by atoms with van der Waals surface area (Å²) in [6, 6.07) is 6.63. The number of hydrogen-bond acceptors (Lipinski definition) is 4. The molecular weight excluding hydrogens is 252 g/mol. The van der Waals surface area contributed by atoms with Crippen LogP contribution in [0.5, 0.6) is 5.75 Å². The third-order valence-electron chi connectivity index (χ3n) is 4.21. The number of ether oxygens (including phenoxy) is 1. The van der Waals surface area contributed by atoms with E-state index in [0.29, 0.717) is 6.04 Å². The van der Waals surface area contributed by atoms with Crippen LogP contribution in [0.4, 0.5) is 0 Å². The van der Waals surface area contributed by atoms with E-state index in [1.54, 1.807) is 7.11 Å². The van der Waals surface area contributed by atoms with Gasteiger partial charge in [-0.3, -0.25) is 4.90 Å². The van der Waals surface area contributed by atoms with Crippen molar-refractivity contribution in [1.82, 2.24) is 9.80 Å². The summed E-state index contributed by atoms with van der Waals surface area (Å²) >= 11 is 0. The van der Waals surface area contributed by atoms with E-state index in [1.165, 1.54) is 18.4 Å². The summed E-state index contributed by atoms with van der Waals surface area (Å²) in [6.45, 7) is 3.22. The maximum absolute atomic E-state index is 9.27. The van der Waals surface area contributed by atoms with Crippen LogP contribution in [0.25, 0.3) is 0 Å². The Labute approximate surface area is 122 Å². The monoisotopic (exact) mass is 278 g/mol. The highest BCUT2D eigenvalue weighted by Crippen LogP contribution is 2.24. The molecule has 1 fully saturated rings. The van der Waals surface area contributed by atoms with E-state index in [4.69, 9.17) is 4.74 Å². The van der Waals surface area contributed by atoms with E-state index in [2.05, 4.69) is 30.0 Å². The Morgan fingerprint density at radius 3 is 2.55 bits per heavy atom. The van der Waals surface area contributed by atoms with Crippen molar-refractivity contribution >= 4 is 0 Å². The van der Waals surface area contributed by atoms with Gasteiger partial charge in [0.05, 0.1) is 13.7 Å². The topological polar surface area (TPSA) is 35.9 Å². The fraction of sp³-hybridized carbons (Fsp3) is 0.625. The van der Waals surface area contributed by atoms with Crippen LogP contribution in [0.3, 0.4) is 0 Å². The first-order chi connectivity index (χ1) is 9.63. The first-order valence-corrected chi connectivity index (χ1v) is 7.29. The summed E-state index contributed by atoms with van der Waals surface area (Å²) in [5, 5.41) is 9.27. The molecule has 1 aliphatic rings. The molecular formula is C16H26N2O2. The van der Waals surface area contributed by atoms with Crippen LogP contribution in [-0.4, -0.2) is 55.2 Å². The third-order valence-corrected chi connectivity index (χ3v) is 4.21. The predicted molar refractivity (Wildman–Crippen MR) is 80.9 cm³/mol. The summed E-state index contributed by atoms with van der Waals surface area (Å²) < 4.78 is 5.43. The molecule has 1 aromatic rings. The minimum Gasteiger partial charge on any atom is -0.496 e. The SMILES string of the molecule is COc1ccc(CO)cc1CN1CCC(N(C)C)CC1. The smallest absolute Gasteiger partial charge is 0.123 e.